The fourth-order valence-electron chi connectivity index (χ4n) is 8.58. The van der Waals surface area contributed by atoms with Gasteiger partial charge in [-0.3, -0.25) is 0 Å². The van der Waals surface area contributed by atoms with Gasteiger partial charge in [0.2, 0.25) is 0 Å². The van der Waals surface area contributed by atoms with Gasteiger partial charge in [0.15, 0.2) is 0 Å². The van der Waals surface area contributed by atoms with Crippen molar-refractivity contribution < 1.29 is 22.1 Å². The van der Waals surface area contributed by atoms with Crippen LogP contribution in [-0.2, 0) is 0 Å². The zero-order valence-electron chi connectivity index (χ0n) is 30.2. The number of hydrogen-bond acceptors (Lipinski definition) is 5. The van der Waals surface area contributed by atoms with Crippen LogP contribution in [0.15, 0.2) is 180 Å². The van der Waals surface area contributed by atoms with Crippen molar-refractivity contribution in [1.82, 2.24) is 0 Å². The Kier molecular flexibility index (Phi) is 6.35. The van der Waals surface area contributed by atoms with Crippen LogP contribution in [0, 0.1) is 0 Å². The molecule has 56 heavy (non-hydrogen) atoms. The SMILES string of the molecule is C=CC.c1ccc2c(c1)oc1ccc3c4cc(-c5ccc6oc7ccc(-c8ccc9oc%10c(ccc%11oc%12ccccc%12c%11%10)c9c8)cc7c6c5)ccc4oc3c12. The molecule has 13 rings (SSSR count). The first-order valence-electron chi connectivity index (χ1n) is 18.7. The topological polar surface area (TPSA) is 65.7 Å². The van der Waals surface area contributed by atoms with E-state index in [-0.39, 0.29) is 0 Å². The molecule has 0 radical (unpaired) electrons. The van der Waals surface area contributed by atoms with Gasteiger partial charge in [-0.05, 0) is 114 Å². The second kappa shape index (κ2) is 11.5. The van der Waals surface area contributed by atoms with Crippen LogP contribution in [0.3, 0.4) is 0 Å². The first kappa shape index (κ1) is 30.9. The van der Waals surface area contributed by atoms with E-state index in [0.717, 1.165) is 132 Å². The summed E-state index contributed by atoms with van der Waals surface area (Å²) in [5.74, 6) is 0. The van der Waals surface area contributed by atoms with Crippen LogP contribution >= 0.6 is 0 Å². The van der Waals surface area contributed by atoms with Crippen molar-refractivity contribution in [3.63, 3.8) is 0 Å². The molecule has 0 amide bonds. The second-order valence-electron chi connectivity index (χ2n) is 14.4. The summed E-state index contributed by atoms with van der Waals surface area (Å²) in [6, 6.07) is 50.3. The molecule has 8 aromatic carbocycles. The third-order valence-corrected chi connectivity index (χ3v) is 11.1. The van der Waals surface area contributed by atoms with Crippen LogP contribution in [0.5, 0.6) is 0 Å². The molecule has 5 heterocycles. The lowest BCUT2D eigenvalue weighted by Crippen LogP contribution is -1.79. The number of benzene rings is 8. The molecule has 0 aliphatic carbocycles. The average molecular weight is 723 g/mol. The van der Waals surface area contributed by atoms with Crippen LogP contribution in [0.25, 0.3) is 132 Å². The summed E-state index contributed by atoms with van der Waals surface area (Å²) in [5.41, 5.74) is 13.0. The van der Waals surface area contributed by atoms with Crippen molar-refractivity contribution >= 4 is 110 Å². The van der Waals surface area contributed by atoms with Crippen LogP contribution in [0.1, 0.15) is 6.92 Å². The van der Waals surface area contributed by atoms with Gasteiger partial charge in [-0.25, -0.2) is 0 Å². The van der Waals surface area contributed by atoms with Crippen molar-refractivity contribution in [2.75, 3.05) is 0 Å². The minimum absolute atomic E-state index is 0.831. The average Bonchev–Trinajstić information content (AvgIpc) is 4.05. The second-order valence-corrected chi connectivity index (χ2v) is 14.4. The van der Waals surface area contributed by atoms with E-state index in [1.54, 1.807) is 6.08 Å². The number of allylic oxidation sites excluding steroid dienone is 1. The van der Waals surface area contributed by atoms with Crippen molar-refractivity contribution in [3.8, 4) is 22.3 Å². The van der Waals surface area contributed by atoms with Gasteiger partial charge in [0.05, 0.1) is 10.8 Å². The normalized spacial score (nSPS) is 12.1. The number of rotatable bonds is 2. The molecule has 0 bridgehead atoms. The van der Waals surface area contributed by atoms with E-state index in [2.05, 4.69) is 104 Å². The zero-order chi connectivity index (χ0) is 37.1. The minimum atomic E-state index is 0.831. The summed E-state index contributed by atoms with van der Waals surface area (Å²) in [5, 5.41) is 10.6. The predicted molar refractivity (Wildman–Crippen MR) is 230 cm³/mol. The number of hydrogen-bond donors (Lipinski definition) is 0. The van der Waals surface area contributed by atoms with Gasteiger partial charge in [0.25, 0.3) is 0 Å². The molecule has 5 nitrogen and oxygen atoms in total. The Balaban J connectivity index is 0.00000112. The highest BCUT2D eigenvalue weighted by molar-refractivity contribution is 6.23. The van der Waals surface area contributed by atoms with Gasteiger partial charge in [0.1, 0.15) is 55.8 Å². The fraction of sp³-hybridized carbons (Fsp3) is 0.0196. The van der Waals surface area contributed by atoms with E-state index in [4.69, 9.17) is 22.1 Å². The van der Waals surface area contributed by atoms with Crippen LogP contribution in [0.2, 0.25) is 0 Å². The Labute approximate surface area is 318 Å². The summed E-state index contributed by atoms with van der Waals surface area (Å²) in [6.45, 7) is 5.25. The van der Waals surface area contributed by atoms with Gasteiger partial charge < -0.3 is 22.1 Å². The summed E-state index contributed by atoms with van der Waals surface area (Å²) < 4.78 is 31.6. The molecule has 0 aliphatic heterocycles. The number of fused-ring (bicyclic) bond motifs is 17. The quantitative estimate of drug-likeness (QED) is 0.166. The highest BCUT2D eigenvalue weighted by atomic mass is 16.4. The molecule has 0 saturated heterocycles. The monoisotopic (exact) mass is 722 g/mol. The molecule has 13 aromatic rings. The molecule has 0 saturated carbocycles. The highest BCUT2D eigenvalue weighted by Gasteiger charge is 2.19. The van der Waals surface area contributed by atoms with E-state index >= 15 is 0 Å². The van der Waals surface area contributed by atoms with Crippen LogP contribution in [-0.4, -0.2) is 0 Å². The Bertz CT molecular complexity index is 3500. The Morgan fingerprint density at radius 2 is 0.625 bits per heavy atom. The molecule has 5 heteroatoms. The van der Waals surface area contributed by atoms with Gasteiger partial charge in [-0.15, -0.1) is 6.58 Å². The molecule has 0 N–H and O–H groups in total. The summed E-state index contributed by atoms with van der Waals surface area (Å²) in [7, 11) is 0. The predicted octanol–water partition coefficient (Wildman–Crippen LogP) is 15.7. The summed E-state index contributed by atoms with van der Waals surface area (Å²) >= 11 is 0. The van der Waals surface area contributed by atoms with Gasteiger partial charge >= 0.3 is 0 Å². The van der Waals surface area contributed by atoms with E-state index in [9.17, 15) is 0 Å². The number of furan rings is 5. The summed E-state index contributed by atoms with van der Waals surface area (Å²) in [6.07, 6.45) is 1.75. The van der Waals surface area contributed by atoms with E-state index in [1.165, 1.54) is 0 Å². The van der Waals surface area contributed by atoms with E-state index < -0.39 is 0 Å². The van der Waals surface area contributed by atoms with Gasteiger partial charge in [0, 0.05) is 43.1 Å². The molecule has 0 aliphatic rings. The van der Waals surface area contributed by atoms with Crippen molar-refractivity contribution in [1.29, 1.82) is 0 Å². The maximum Gasteiger partial charge on any atom is 0.147 e. The van der Waals surface area contributed by atoms with Gasteiger partial charge in [-0.2, -0.15) is 0 Å². The molecule has 0 atom stereocenters. The zero-order valence-corrected chi connectivity index (χ0v) is 30.2. The number of para-hydroxylation sites is 2. The van der Waals surface area contributed by atoms with E-state index in [0.29, 0.717) is 0 Å². The van der Waals surface area contributed by atoms with Crippen molar-refractivity contribution in [2.24, 2.45) is 0 Å². The minimum Gasteiger partial charge on any atom is -0.456 e. The Morgan fingerprint density at radius 1 is 0.321 bits per heavy atom. The highest BCUT2D eigenvalue weighted by Crippen LogP contribution is 2.43. The van der Waals surface area contributed by atoms with Crippen molar-refractivity contribution in [2.45, 2.75) is 6.92 Å². The standard InChI is InChI=1S/C48H24O5.C3H6/c1-3-7-37-31(5-1)45-43(50-37)19-13-29-33-21-25(11-17-41(33)52-47(29)45)27-9-15-39-35(23-27)36-24-28(10-16-40(36)49-39)26-12-18-42-34(22-26)30-14-20-44-46(48(30)53-42)32-6-2-4-8-38(32)51-44;1-3-2/h1-24H;3H,1H2,2H3. The fourth-order valence-corrected chi connectivity index (χ4v) is 8.58. The molecular weight excluding hydrogens is 693 g/mol. The lowest BCUT2D eigenvalue weighted by Gasteiger charge is -2.04. The molecule has 0 fully saturated rings. The Hall–Kier alpha value is -7.50. The first-order chi connectivity index (χ1) is 27.6. The molecule has 5 aromatic heterocycles. The third kappa shape index (κ3) is 4.37. The summed E-state index contributed by atoms with van der Waals surface area (Å²) in [4.78, 5) is 0. The molecule has 0 unspecified atom stereocenters. The molecule has 264 valence electrons. The van der Waals surface area contributed by atoms with Gasteiger partial charge in [-0.1, -0.05) is 66.7 Å². The molecular formula is C51H30O5. The lowest BCUT2D eigenvalue weighted by atomic mass is 9.98. The van der Waals surface area contributed by atoms with Crippen molar-refractivity contribution in [3.05, 3.63) is 158 Å². The van der Waals surface area contributed by atoms with Crippen LogP contribution in [0.4, 0.5) is 0 Å². The maximum absolute atomic E-state index is 6.49. The Morgan fingerprint density at radius 3 is 1.04 bits per heavy atom. The van der Waals surface area contributed by atoms with Crippen LogP contribution < -0.4 is 0 Å². The largest absolute Gasteiger partial charge is 0.456 e. The first-order valence-corrected chi connectivity index (χ1v) is 18.7. The van der Waals surface area contributed by atoms with E-state index in [1.807, 2.05) is 55.5 Å². The molecule has 0 spiro atoms. The maximum atomic E-state index is 6.49. The lowest BCUT2D eigenvalue weighted by molar-refractivity contribution is 0.662. The third-order valence-electron chi connectivity index (χ3n) is 11.1. The smallest absolute Gasteiger partial charge is 0.147 e.